The minimum atomic E-state index is 0.364. The molecule has 1 aliphatic heterocycles. The standard InChI is InChI=1S/C13H16ClN5O/c1-9-4-12-17-18-13(19(12)3-2-16-9)8-20-11-5-10(14)6-15-7-11/h5-7,9,16H,2-4,8H2,1H3/t9-/m1/s1. The summed E-state index contributed by atoms with van der Waals surface area (Å²) in [6.07, 6.45) is 4.09. The van der Waals surface area contributed by atoms with Crippen molar-refractivity contribution >= 4 is 11.6 Å². The molecule has 7 heteroatoms. The van der Waals surface area contributed by atoms with Crippen molar-refractivity contribution < 1.29 is 4.74 Å². The van der Waals surface area contributed by atoms with Crippen LogP contribution in [0.5, 0.6) is 5.75 Å². The summed E-state index contributed by atoms with van der Waals surface area (Å²) in [6.45, 7) is 4.29. The maximum Gasteiger partial charge on any atom is 0.171 e. The zero-order valence-electron chi connectivity index (χ0n) is 11.2. The van der Waals surface area contributed by atoms with Gasteiger partial charge in [0.25, 0.3) is 0 Å². The molecule has 0 unspecified atom stereocenters. The fourth-order valence-corrected chi connectivity index (χ4v) is 2.44. The summed E-state index contributed by atoms with van der Waals surface area (Å²) in [7, 11) is 0. The van der Waals surface area contributed by atoms with Gasteiger partial charge in [0.15, 0.2) is 5.82 Å². The fourth-order valence-electron chi connectivity index (χ4n) is 2.28. The number of rotatable bonds is 3. The van der Waals surface area contributed by atoms with Gasteiger partial charge in [-0.15, -0.1) is 10.2 Å². The molecule has 0 amide bonds. The highest BCUT2D eigenvalue weighted by Crippen LogP contribution is 2.17. The molecule has 0 aliphatic carbocycles. The number of hydrogen-bond donors (Lipinski definition) is 1. The van der Waals surface area contributed by atoms with Gasteiger partial charge in [-0.1, -0.05) is 11.6 Å². The Morgan fingerprint density at radius 2 is 2.35 bits per heavy atom. The van der Waals surface area contributed by atoms with Gasteiger partial charge in [0, 0.05) is 37.8 Å². The molecule has 6 nitrogen and oxygen atoms in total. The van der Waals surface area contributed by atoms with Crippen LogP contribution in [0.15, 0.2) is 18.5 Å². The van der Waals surface area contributed by atoms with Crippen LogP contribution < -0.4 is 10.1 Å². The lowest BCUT2D eigenvalue weighted by atomic mass is 10.2. The summed E-state index contributed by atoms with van der Waals surface area (Å²) in [5.74, 6) is 2.47. The Morgan fingerprint density at radius 1 is 1.45 bits per heavy atom. The van der Waals surface area contributed by atoms with Crippen molar-refractivity contribution in [1.29, 1.82) is 0 Å². The third kappa shape index (κ3) is 2.91. The number of nitrogens with zero attached hydrogens (tertiary/aromatic N) is 4. The third-order valence-corrected chi connectivity index (χ3v) is 3.48. The SMILES string of the molecule is C[C@@H]1Cc2nnc(COc3cncc(Cl)c3)n2CCN1. The first-order valence-electron chi connectivity index (χ1n) is 6.60. The molecule has 1 N–H and O–H groups in total. The van der Waals surface area contributed by atoms with Crippen LogP contribution in [0.25, 0.3) is 0 Å². The van der Waals surface area contributed by atoms with E-state index >= 15 is 0 Å². The Balaban J connectivity index is 1.72. The third-order valence-electron chi connectivity index (χ3n) is 3.27. The second-order valence-corrected chi connectivity index (χ2v) is 5.31. The molecular formula is C13H16ClN5O. The van der Waals surface area contributed by atoms with E-state index in [-0.39, 0.29) is 0 Å². The minimum Gasteiger partial charge on any atom is -0.484 e. The Hall–Kier alpha value is -1.66. The number of pyridine rings is 1. The molecule has 106 valence electrons. The topological polar surface area (TPSA) is 64.9 Å². The minimum absolute atomic E-state index is 0.364. The van der Waals surface area contributed by atoms with Gasteiger partial charge < -0.3 is 14.6 Å². The number of hydrogen-bond acceptors (Lipinski definition) is 5. The summed E-state index contributed by atoms with van der Waals surface area (Å²) in [5.41, 5.74) is 0. The maximum absolute atomic E-state index is 5.87. The highest BCUT2D eigenvalue weighted by molar-refractivity contribution is 6.30. The van der Waals surface area contributed by atoms with Crippen LogP contribution >= 0.6 is 11.6 Å². The van der Waals surface area contributed by atoms with E-state index in [9.17, 15) is 0 Å². The highest BCUT2D eigenvalue weighted by Gasteiger charge is 2.18. The lowest BCUT2D eigenvalue weighted by molar-refractivity contribution is 0.287. The summed E-state index contributed by atoms with van der Waals surface area (Å²) < 4.78 is 7.79. The van der Waals surface area contributed by atoms with E-state index < -0.39 is 0 Å². The monoisotopic (exact) mass is 293 g/mol. The largest absolute Gasteiger partial charge is 0.484 e. The van der Waals surface area contributed by atoms with Crippen LogP contribution in [0.2, 0.25) is 5.02 Å². The van der Waals surface area contributed by atoms with Gasteiger partial charge >= 0.3 is 0 Å². The van der Waals surface area contributed by atoms with Crippen LogP contribution in [0.4, 0.5) is 0 Å². The van der Waals surface area contributed by atoms with Crippen LogP contribution in [-0.2, 0) is 19.6 Å². The van der Waals surface area contributed by atoms with Crippen LogP contribution in [-0.4, -0.2) is 32.3 Å². The second-order valence-electron chi connectivity index (χ2n) is 4.87. The van der Waals surface area contributed by atoms with Gasteiger partial charge in [0.2, 0.25) is 0 Å². The van der Waals surface area contributed by atoms with Crippen molar-refractivity contribution in [3.8, 4) is 5.75 Å². The first-order valence-corrected chi connectivity index (χ1v) is 6.98. The van der Waals surface area contributed by atoms with Gasteiger partial charge in [-0.3, -0.25) is 4.98 Å². The van der Waals surface area contributed by atoms with Gasteiger partial charge in [-0.25, -0.2) is 0 Å². The predicted molar refractivity (Wildman–Crippen MR) is 74.8 cm³/mol. The van der Waals surface area contributed by atoms with Crippen molar-refractivity contribution in [3.05, 3.63) is 35.1 Å². The number of aromatic nitrogens is 4. The number of fused-ring (bicyclic) bond motifs is 1. The van der Waals surface area contributed by atoms with E-state index in [2.05, 4.69) is 32.0 Å². The lowest BCUT2D eigenvalue weighted by Gasteiger charge is -2.08. The lowest BCUT2D eigenvalue weighted by Crippen LogP contribution is -2.27. The molecule has 2 aromatic rings. The smallest absolute Gasteiger partial charge is 0.171 e. The Morgan fingerprint density at radius 3 is 3.20 bits per heavy atom. The predicted octanol–water partition coefficient (Wildman–Crippen LogP) is 1.44. The van der Waals surface area contributed by atoms with E-state index in [0.717, 1.165) is 31.2 Å². The molecule has 20 heavy (non-hydrogen) atoms. The van der Waals surface area contributed by atoms with E-state index in [1.165, 1.54) is 0 Å². The first kappa shape index (κ1) is 13.3. The Labute approximate surface area is 122 Å². The fraction of sp³-hybridized carbons (Fsp3) is 0.462. The summed E-state index contributed by atoms with van der Waals surface area (Å²) >= 11 is 5.87. The van der Waals surface area contributed by atoms with E-state index in [1.807, 2.05) is 0 Å². The molecule has 1 atom stereocenters. The van der Waals surface area contributed by atoms with Crippen molar-refractivity contribution in [2.24, 2.45) is 0 Å². The van der Waals surface area contributed by atoms with E-state index in [1.54, 1.807) is 18.5 Å². The summed E-state index contributed by atoms with van der Waals surface area (Å²) in [4.78, 5) is 3.99. The molecule has 0 aromatic carbocycles. The zero-order chi connectivity index (χ0) is 13.9. The van der Waals surface area contributed by atoms with Gasteiger partial charge in [-0.2, -0.15) is 0 Å². The molecular weight excluding hydrogens is 278 g/mol. The van der Waals surface area contributed by atoms with Crippen LogP contribution in [0.1, 0.15) is 18.6 Å². The van der Waals surface area contributed by atoms with Crippen LogP contribution in [0, 0.1) is 0 Å². The molecule has 0 spiro atoms. The first-order chi connectivity index (χ1) is 9.72. The molecule has 3 rings (SSSR count). The van der Waals surface area contributed by atoms with Crippen molar-refractivity contribution in [2.45, 2.75) is 32.5 Å². The molecule has 0 fully saturated rings. The average molecular weight is 294 g/mol. The molecule has 2 aromatic heterocycles. The van der Waals surface area contributed by atoms with Crippen molar-refractivity contribution in [1.82, 2.24) is 25.1 Å². The molecule has 0 saturated carbocycles. The zero-order valence-corrected chi connectivity index (χ0v) is 12.0. The second kappa shape index (κ2) is 5.76. The van der Waals surface area contributed by atoms with E-state index in [0.29, 0.717) is 23.4 Å². The van der Waals surface area contributed by atoms with Gasteiger partial charge in [0.05, 0.1) is 11.2 Å². The number of nitrogens with one attached hydrogen (secondary N) is 1. The molecule has 0 saturated heterocycles. The molecule has 1 aliphatic rings. The molecule has 0 radical (unpaired) electrons. The molecule has 3 heterocycles. The number of halogens is 1. The normalized spacial score (nSPS) is 18.4. The highest BCUT2D eigenvalue weighted by atomic mass is 35.5. The van der Waals surface area contributed by atoms with Gasteiger partial charge in [0.1, 0.15) is 18.2 Å². The summed E-state index contributed by atoms with van der Waals surface area (Å²) in [6, 6.07) is 2.16. The van der Waals surface area contributed by atoms with Crippen molar-refractivity contribution in [3.63, 3.8) is 0 Å². The Kier molecular flexibility index (Phi) is 3.84. The Bertz CT molecular complexity index is 600. The van der Waals surface area contributed by atoms with Gasteiger partial charge in [-0.05, 0) is 6.92 Å². The van der Waals surface area contributed by atoms with Crippen LogP contribution in [0.3, 0.4) is 0 Å². The number of ether oxygens (including phenoxy) is 1. The summed E-state index contributed by atoms with van der Waals surface area (Å²) in [5, 5.41) is 12.5. The maximum atomic E-state index is 5.87. The average Bonchev–Trinajstić information content (AvgIpc) is 2.69. The van der Waals surface area contributed by atoms with E-state index in [4.69, 9.17) is 16.3 Å². The molecule has 0 bridgehead atoms. The quantitative estimate of drug-likeness (QED) is 0.928. The van der Waals surface area contributed by atoms with Crippen molar-refractivity contribution in [2.75, 3.05) is 6.54 Å².